The number of likely N-dealkylation sites (tertiary alicyclic amines) is 2. The van der Waals surface area contributed by atoms with Gasteiger partial charge in [-0.25, -0.2) is 4.79 Å². The average molecular weight is 364 g/mol. The highest BCUT2D eigenvalue weighted by molar-refractivity contribution is 5.89. The molecule has 0 bridgehead atoms. The van der Waals surface area contributed by atoms with E-state index in [1.165, 1.54) is 11.3 Å². The zero-order valence-corrected chi connectivity index (χ0v) is 16.1. The van der Waals surface area contributed by atoms with Gasteiger partial charge in [0, 0.05) is 58.2 Å². The van der Waals surface area contributed by atoms with Gasteiger partial charge in [-0.2, -0.15) is 0 Å². The number of benzene rings is 2. The summed E-state index contributed by atoms with van der Waals surface area (Å²) in [5.74, 6) is 1.18. The van der Waals surface area contributed by atoms with Crippen molar-refractivity contribution in [1.29, 1.82) is 0 Å². The predicted octanol–water partition coefficient (Wildman–Crippen LogP) is 3.35. The Labute approximate surface area is 161 Å². The SMILES string of the molecule is CN(C)c1ccc(CN2C[C@@H]3CN(C(=O)Nc4ccccc4)C[C@H]3C2)cc1. The minimum atomic E-state index is 0.0291. The van der Waals surface area contributed by atoms with Crippen LogP contribution < -0.4 is 10.2 Å². The number of para-hydroxylation sites is 1. The van der Waals surface area contributed by atoms with Crippen LogP contribution in [0.4, 0.5) is 16.2 Å². The number of anilines is 2. The Morgan fingerprint density at radius 3 is 2.19 bits per heavy atom. The fourth-order valence-electron chi connectivity index (χ4n) is 4.27. The fraction of sp³-hybridized carbons (Fsp3) is 0.409. The van der Waals surface area contributed by atoms with Crippen molar-refractivity contribution in [2.24, 2.45) is 11.8 Å². The summed E-state index contributed by atoms with van der Waals surface area (Å²) in [6, 6.07) is 18.5. The van der Waals surface area contributed by atoms with Crippen molar-refractivity contribution in [3.05, 3.63) is 60.2 Å². The van der Waals surface area contributed by atoms with Gasteiger partial charge in [0.2, 0.25) is 0 Å². The quantitative estimate of drug-likeness (QED) is 0.904. The molecule has 2 aliphatic heterocycles. The third-order valence-corrected chi connectivity index (χ3v) is 5.73. The second-order valence-corrected chi connectivity index (χ2v) is 7.98. The molecule has 0 aromatic heterocycles. The second-order valence-electron chi connectivity index (χ2n) is 7.98. The molecule has 2 heterocycles. The van der Waals surface area contributed by atoms with Gasteiger partial charge in [0.15, 0.2) is 0 Å². The molecule has 27 heavy (non-hydrogen) atoms. The molecule has 2 fully saturated rings. The van der Waals surface area contributed by atoms with Gasteiger partial charge in [0.25, 0.3) is 0 Å². The summed E-state index contributed by atoms with van der Waals surface area (Å²) in [5.41, 5.74) is 3.46. The molecule has 2 aromatic rings. The molecular formula is C22H28N4O. The van der Waals surface area contributed by atoms with Gasteiger partial charge in [-0.3, -0.25) is 4.90 Å². The molecular weight excluding hydrogens is 336 g/mol. The van der Waals surface area contributed by atoms with E-state index in [4.69, 9.17) is 0 Å². The first kappa shape index (κ1) is 17.9. The molecule has 0 aliphatic carbocycles. The number of nitrogens with zero attached hydrogens (tertiary/aromatic N) is 3. The number of carbonyl (C=O) groups excluding carboxylic acids is 1. The third kappa shape index (κ3) is 4.08. The molecule has 0 spiro atoms. The molecule has 0 unspecified atom stereocenters. The van der Waals surface area contributed by atoms with Gasteiger partial charge in [0.1, 0.15) is 0 Å². The van der Waals surface area contributed by atoms with E-state index in [1.54, 1.807) is 0 Å². The van der Waals surface area contributed by atoms with Crippen LogP contribution in [0.15, 0.2) is 54.6 Å². The van der Waals surface area contributed by atoms with Gasteiger partial charge in [0.05, 0.1) is 0 Å². The first-order chi connectivity index (χ1) is 13.1. The van der Waals surface area contributed by atoms with Crippen LogP contribution in [0, 0.1) is 11.8 Å². The lowest BCUT2D eigenvalue weighted by atomic mass is 10.0. The first-order valence-electron chi connectivity index (χ1n) is 9.68. The van der Waals surface area contributed by atoms with Crippen molar-refractivity contribution in [3.8, 4) is 0 Å². The minimum absolute atomic E-state index is 0.0291. The highest BCUT2D eigenvalue weighted by atomic mass is 16.2. The molecule has 5 heteroatoms. The summed E-state index contributed by atoms with van der Waals surface area (Å²) in [6.07, 6.45) is 0. The van der Waals surface area contributed by atoms with Crippen LogP contribution in [0.1, 0.15) is 5.56 Å². The molecule has 2 aromatic carbocycles. The molecule has 2 saturated heterocycles. The number of rotatable bonds is 4. The highest BCUT2D eigenvalue weighted by Gasteiger charge is 2.41. The largest absolute Gasteiger partial charge is 0.378 e. The Morgan fingerprint density at radius 1 is 0.963 bits per heavy atom. The maximum absolute atomic E-state index is 12.5. The van der Waals surface area contributed by atoms with Crippen molar-refractivity contribution in [2.45, 2.75) is 6.54 Å². The summed E-state index contributed by atoms with van der Waals surface area (Å²) in [4.78, 5) is 19.1. The van der Waals surface area contributed by atoms with Gasteiger partial charge >= 0.3 is 6.03 Å². The molecule has 4 rings (SSSR count). The van der Waals surface area contributed by atoms with Crippen LogP contribution in [-0.4, -0.2) is 56.1 Å². The normalized spacial score (nSPS) is 21.9. The minimum Gasteiger partial charge on any atom is -0.378 e. The summed E-state index contributed by atoms with van der Waals surface area (Å²) in [6.45, 7) is 4.88. The van der Waals surface area contributed by atoms with Crippen molar-refractivity contribution in [1.82, 2.24) is 9.80 Å². The Hall–Kier alpha value is -2.53. The number of urea groups is 1. The highest BCUT2D eigenvalue weighted by Crippen LogP contribution is 2.32. The molecule has 2 amide bonds. The Kier molecular flexibility index (Phi) is 5.03. The number of hydrogen-bond donors (Lipinski definition) is 1. The Bertz CT molecular complexity index is 761. The number of fused-ring (bicyclic) bond motifs is 1. The number of amides is 2. The van der Waals surface area contributed by atoms with E-state index in [1.807, 2.05) is 35.2 Å². The van der Waals surface area contributed by atoms with Gasteiger partial charge in [-0.05, 0) is 41.7 Å². The van der Waals surface area contributed by atoms with Crippen LogP contribution in [0.25, 0.3) is 0 Å². The standard InChI is InChI=1S/C22H28N4O/c1-24(2)21-10-8-17(9-11-21)12-25-13-18-15-26(16-19(18)14-25)22(27)23-20-6-4-3-5-7-20/h3-11,18-19H,12-16H2,1-2H3,(H,23,27)/t18-,19-/m1/s1. The van der Waals surface area contributed by atoms with Crippen molar-refractivity contribution in [3.63, 3.8) is 0 Å². The average Bonchev–Trinajstić information content (AvgIpc) is 3.21. The smallest absolute Gasteiger partial charge is 0.321 e. The van der Waals surface area contributed by atoms with Crippen molar-refractivity contribution < 1.29 is 4.79 Å². The monoisotopic (exact) mass is 364 g/mol. The number of hydrogen-bond acceptors (Lipinski definition) is 3. The Balaban J connectivity index is 1.28. The lowest BCUT2D eigenvalue weighted by molar-refractivity contribution is 0.212. The van der Waals surface area contributed by atoms with E-state index in [-0.39, 0.29) is 6.03 Å². The fourth-order valence-corrected chi connectivity index (χ4v) is 4.27. The van der Waals surface area contributed by atoms with Crippen molar-refractivity contribution in [2.75, 3.05) is 50.5 Å². The van der Waals surface area contributed by atoms with E-state index in [0.717, 1.165) is 38.4 Å². The molecule has 2 atom stereocenters. The van der Waals surface area contributed by atoms with Gasteiger partial charge in [-0.1, -0.05) is 30.3 Å². The maximum atomic E-state index is 12.5. The van der Waals surface area contributed by atoms with E-state index in [2.05, 4.69) is 53.5 Å². The zero-order chi connectivity index (χ0) is 18.8. The second kappa shape index (κ2) is 7.61. The van der Waals surface area contributed by atoms with Crippen LogP contribution in [0.2, 0.25) is 0 Å². The third-order valence-electron chi connectivity index (χ3n) is 5.73. The van der Waals surface area contributed by atoms with Gasteiger partial charge in [-0.15, -0.1) is 0 Å². The molecule has 2 aliphatic rings. The predicted molar refractivity (Wildman–Crippen MR) is 110 cm³/mol. The number of nitrogens with one attached hydrogen (secondary N) is 1. The summed E-state index contributed by atoms with van der Waals surface area (Å²) >= 11 is 0. The van der Waals surface area contributed by atoms with E-state index in [0.29, 0.717) is 11.8 Å². The Morgan fingerprint density at radius 2 is 1.59 bits per heavy atom. The lowest BCUT2D eigenvalue weighted by Crippen LogP contribution is -2.36. The summed E-state index contributed by atoms with van der Waals surface area (Å²) in [5, 5.41) is 3.01. The van der Waals surface area contributed by atoms with E-state index < -0.39 is 0 Å². The van der Waals surface area contributed by atoms with E-state index >= 15 is 0 Å². The first-order valence-corrected chi connectivity index (χ1v) is 9.68. The maximum Gasteiger partial charge on any atom is 0.321 e. The zero-order valence-electron chi connectivity index (χ0n) is 16.1. The summed E-state index contributed by atoms with van der Waals surface area (Å²) in [7, 11) is 4.13. The van der Waals surface area contributed by atoms with Crippen LogP contribution in [0.3, 0.4) is 0 Å². The lowest BCUT2D eigenvalue weighted by Gasteiger charge is -2.22. The van der Waals surface area contributed by atoms with Crippen molar-refractivity contribution >= 4 is 17.4 Å². The molecule has 0 radical (unpaired) electrons. The molecule has 1 N–H and O–H groups in total. The van der Waals surface area contributed by atoms with E-state index in [9.17, 15) is 4.79 Å². The van der Waals surface area contributed by atoms with Crippen LogP contribution in [0.5, 0.6) is 0 Å². The van der Waals surface area contributed by atoms with Crippen LogP contribution >= 0.6 is 0 Å². The van der Waals surface area contributed by atoms with Gasteiger partial charge < -0.3 is 15.1 Å². The van der Waals surface area contributed by atoms with Crippen LogP contribution in [-0.2, 0) is 6.54 Å². The molecule has 0 saturated carbocycles. The topological polar surface area (TPSA) is 38.8 Å². The summed E-state index contributed by atoms with van der Waals surface area (Å²) < 4.78 is 0. The number of carbonyl (C=O) groups is 1. The molecule has 5 nitrogen and oxygen atoms in total. The molecule has 142 valence electrons.